The molecule has 20 heavy (non-hydrogen) atoms. The zero-order valence-electron chi connectivity index (χ0n) is 12.4. The Hall–Kier alpha value is -1.35. The first-order chi connectivity index (χ1) is 9.75. The van der Waals surface area contributed by atoms with Gasteiger partial charge in [-0.05, 0) is 49.8 Å². The highest BCUT2D eigenvalue weighted by Gasteiger charge is 2.14. The first kappa shape index (κ1) is 15.0. The number of hydrogen-bond acceptors (Lipinski definition) is 2. The molecule has 2 unspecified atom stereocenters. The Morgan fingerprint density at radius 1 is 1.40 bits per heavy atom. The molecule has 3 heteroatoms. The normalized spacial score (nSPS) is 20.4. The van der Waals surface area contributed by atoms with Crippen molar-refractivity contribution < 1.29 is 4.79 Å². The first-order valence-electron chi connectivity index (χ1n) is 7.78. The number of carbonyl (C=O) groups excluding carboxylic acids is 1. The Labute approximate surface area is 122 Å². The first-order valence-corrected chi connectivity index (χ1v) is 7.78. The maximum atomic E-state index is 11.9. The Morgan fingerprint density at radius 2 is 2.20 bits per heavy atom. The van der Waals surface area contributed by atoms with Crippen LogP contribution in [-0.4, -0.2) is 25.5 Å². The van der Waals surface area contributed by atoms with Crippen molar-refractivity contribution in [2.45, 2.75) is 38.5 Å². The summed E-state index contributed by atoms with van der Waals surface area (Å²) >= 11 is 0. The van der Waals surface area contributed by atoms with Crippen LogP contribution in [0.25, 0.3) is 0 Å². The van der Waals surface area contributed by atoms with E-state index in [0.29, 0.717) is 18.3 Å². The highest BCUT2D eigenvalue weighted by molar-refractivity contribution is 5.75. The number of piperidine rings is 1. The minimum absolute atomic E-state index is 0.193. The van der Waals surface area contributed by atoms with Gasteiger partial charge in [-0.15, -0.1) is 0 Å². The summed E-state index contributed by atoms with van der Waals surface area (Å²) in [5, 5.41) is 6.46. The largest absolute Gasteiger partial charge is 0.356 e. The molecule has 1 saturated heterocycles. The summed E-state index contributed by atoms with van der Waals surface area (Å²) < 4.78 is 0. The van der Waals surface area contributed by atoms with E-state index in [0.717, 1.165) is 26.1 Å². The summed E-state index contributed by atoms with van der Waals surface area (Å²) in [6.07, 6.45) is 4.18. The molecule has 2 rings (SSSR count). The van der Waals surface area contributed by atoms with Crippen LogP contribution in [0.5, 0.6) is 0 Å². The van der Waals surface area contributed by atoms with Crippen LogP contribution in [0.4, 0.5) is 0 Å². The lowest BCUT2D eigenvalue weighted by Crippen LogP contribution is -2.32. The molecule has 1 aliphatic heterocycles. The molecule has 1 aliphatic rings. The van der Waals surface area contributed by atoms with E-state index in [1.807, 2.05) is 18.2 Å². The fraction of sp³-hybridized carbons (Fsp3) is 0.588. The van der Waals surface area contributed by atoms with E-state index >= 15 is 0 Å². The number of hydrogen-bond donors (Lipinski definition) is 2. The van der Waals surface area contributed by atoms with Gasteiger partial charge in [-0.2, -0.15) is 0 Å². The fourth-order valence-electron chi connectivity index (χ4n) is 2.76. The minimum Gasteiger partial charge on any atom is -0.356 e. The average Bonchev–Trinajstić information content (AvgIpc) is 2.52. The molecule has 2 atom stereocenters. The van der Waals surface area contributed by atoms with Crippen LogP contribution in [0.2, 0.25) is 0 Å². The molecule has 0 aromatic heterocycles. The lowest BCUT2D eigenvalue weighted by atomic mass is 9.94. The molecule has 110 valence electrons. The summed E-state index contributed by atoms with van der Waals surface area (Å²) in [5.41, 5.74) is 1.28. The molecule has 3 nitrogen and oxygen atoms in total. The van der Waals surface area contributed by atoms with E-state index in [-0.39, 0.29) is 5.91 Å². The number of amides is 1. The zero-order valence-corrected chi connectivity index (χ0v) is 12.4. The quantitative estimate of drug-likeness (QED) is 0.837. The van der Waals surface area contributed by atoms with Crippen molar-refractivity contribution in [1.29, 1.82) is 0 Å². The van der Waals surface area contributed by atoms with Gasteiger partial charge in [0.25, 0.3) is 0 Å². The van der Waals surface area contributed by atoms with E-state index in [1.54, 1.807) is 0 Å². The predicted octanol–water partition coefficient (Wildman–Crippen LogP) is 2.69. The summed E-state index contributed by atoms with van der Waals surface area (Å²) in [4.78, 5) is 11.9. The molecular weight excluding hydrogens is 248 g/mol. The lowest BCUT2D eigenvalue weighted by molar-refractivity contribution is -0.121. The van der Waals surface area contributed by atoms with E-state index in [9.17, 15) is 4.79 Å². The molecule has 0 aliphatic carbocycles. The SMILES string of the molecule is CC(CNC(=O)CCC1CCCNC1)c1ccccc1. The molecule has 1 heterocycles. The minimum atomic E-state index is 0.193. The number of carbonyl (C=O) groups is 1. The van der Waals surface area contributed by atoms with Crippen molar-refractivity contribution in [2.75, 3.05) is 19.6 Å². The lowest BCUT2D eigenvalue weighted by Gasteiger charge is -2.22. The Bertz CT molecular complexity index is 399. The van der Waals surface area contributed by atoms with Crippen LogP contribution in [0.1, 0.15) is 44.1 Å². The van der Waals surface area contributed by atoms with Gasteiger partial charge in [-0.3, -0.25) is 4.79 Å². The van der Waals surface area contributed by atoms with Crippen molar-refractivity contribution in [1.82, 2.24) is 10.6 Å². The van der Waals surface area contributed by atoms with E-state index in [2.05, 4.69) is 29.7 Å². The van der Waals surface area contributed by atoms with Crippen LogP contribution >= 0.6 is 0 Å². The second kappa shape index (κ2) is 8.05. The van der Waals surface area contributed by atoms with E-state index in [4.69, 9.17) is 0 Å². The molecule has 0 spiro atoms. The molecule has 1 fully saturated rings. The van der Waals surface area contributed by atoms with Crippen LogP contribution in [0.3, 0.4) is 0 Å². The van der Waals surface area contributed by atoms with Gasteiger partial charge in [-0.1, -0.05) is 37.3 Å². The Balaban J connectivity index is 1.64. The number of benzene rings is 1. The van der Waals surface area contributed by atoms with Crippen LogP contribution in [0, 0.1) is 5.92 Å². The summed E-state index contributed by atoms with van der Waals surface area (Å²) in [6.45, 7) is 5.09. The molecule has 0 radical (unpaired) electrons. The van der Waals surface area contributed by atoms with Gasteiger partial charge in [0.05, 0.1) is 0 Å². The highest BCUT2D eigenvalue weighted by atomic mass is 16.1. The van der Waals surface area contributed by atoms with Crippen molar-refractivity contribution >= 4 is 5.91 Å². The van der Waals surface area contributed by atoms with Crippen molar-refractivity contribution in [3.8, 4) is 0 Å². The average molecular weight is 274 g/mol. The van der Waals surface area contributed by atoms with Crippen molar-refractivity contribution in [3.63, 3.8) is 0 Å². The van der Waals surface area contributed by atoms with Gasteiger partial charge < -0.3 is 10.6 Å². The molecule has 0 saturated carbocycles. The molecule has 1 aromatic carbocycles. The summed E-state index contributed by atoms with van der Waals surface area (Å²) in [5.74, 6) is 1.25. The van der Waals surface area contributed by atoms with E-state index in [1.165, 1.54) is 18.4 Å². The zero-order chi connectivity index (χ0) is 14.2. The van der Waals surface area contributed by atoms with Gasteiger partial charge in [0, 0.05) is 13.0 Å². The predicted molar refractivity (Wildman–Crippen MR) is 82.7 cm³/mol. The second-order valence-electron chi connectivity index (χ2n) is 5.87. The molecular formula is C17H26N2O. The second-order valence-corrected chi connectivity index (χ2v) is 5.87. The van der Waals surface area contributed by atoms with Crippen molar-refractivity contribution in [3.05, 3.63) is 35.9 Å². The summed E-state index contributed by atoms with van der Waals surface area (Å²) in [6, 6.07) is 10.3. The van der Waals surface area contributed by atoms with Gasteiger partial charge in [0.15, 0.2) is 0 Å². The number of rotatable bonds is 6. The molecule has 2 N–H and O–H groups in total. The Morgan fingerprint density at radius 3 is 2.90 bits per heavy atom. The van der Waals surface area contributed by atoms with Gasteiger partial charge in [-0.25, -0.2) is 0 Å². The standard InChI is InChI=1S/C17H26N2O/c1-14(16-7-3-2-4-8-16)12-19-17(20)10-9-15-6-5-11-18-13-15/h2-4,7-8,14-15,18H,5-6,9-13H2,1H3,(H,19,20). The van der Waals surface area contributed by atoms with Gasteiger partial charge in [0.1, 0.15) is 0 Å². The molecule has 1 aromatic rings. The highest BCUT2D eigenvalue weighted by Crippen LogP contribution is 2.16. The third-order valence-electron chi connectivity index (χ3n) is 4.15. The molecule has 0 bridgehead atoms. The maximum absolute atomic E-state index is 11.9. The Kier molecular flexibility index (Phi) is 6.06. The van der Waals surface area contributed by atoms with Crippen LogP contribution in [0.15, 0.2) is 30.3 Å². The topological polar surface area (TPSA) is 41.1 Å². The molecule has 1 amide bonds. The van der Waals surface area contributed by atoms with Crippen LogP contribution in [-0.2, 0) is 4.79 Å². The number of nitrogens with one attached hydrogen (secondary N) is 2. The van der Waals surface area contributed by atoms with Crippen molar-refractivity contribution in [2.24, 2.45) is 5.92 Å². The third-order valence-corrected chi connectivity index (χ3v) is 4.15. The van der Waals surface area contributed by atoms with Crippen LogP contribution < -0.4 is 10.6 Å². The fourth-order valence-corrected chi connectivity index (χ4v) is 2.76. The third kappa shape index (κ3) is 4.97. The smallest absolute Gasteiger partial charge is 0.220 e. The maximum Gasteiger partial charge on any atom is 0.220 e. The summed E-state index contributed by atoms with van der Waals surface area (Å²) in [7, 11) is 0. The monoisotopic (exact) mass is 274 g/mol. The van der Waals surface area contributed by atoms with E-state index < -0.39 is 0 Å². The van der Waals surface area contributed by atoms with Gasteiger partial charge >= 0.3 is 0 Å². The van der Waals surface area contributed by atoms with Gasteiger partial charge in [0.2, 0.25) is 5.91 Å².